The lowest BCUT2D eigenvalue weighted by Crippen LogP contribution is -2.15. The zero-order chi connectivity index (χ0) is 22.2. The molecule has 0 unspecified atom stereocenters. The number of carbonyl (C=O) groups excluding carboxylic acids is 1. The number of benzene rings is 1. The highest BCUT2D eigenvalue weighted by atomic mass is 19.1. The van der Waals surface area contributed by atoms with Gasteiger partial charge in [0.15, 0.2) is 11.4 Å². The van der Waals surface area contributed by atoms with Gasteiger partial charge < -0.3 is 10.1 Å². The van der Waals surface area contributed by atoms with E-state index in [-0.39, 0.29) is 18.1 Å². The van der Waals surface area contributed by atoms with E-state index in [0.29, 0.717) is 28.5 Å². The lowest BCUT2D eigenvalue weighted by Gasteiger charge is -2.10. The third-order valence-electron chi connectivity index (χ3n) is 5.11. The van der Waals surface area contributed by atoms with Crippen molar-refractivity contribution in [1.82, 2.24) is 19.0 Å². The minimum absolute atomic E-state index is 0.177. The minimum atomic E-state index is -0.690. The molecule has 4 heterocycles. The van der Waals surface area contributed by atoms with Crippen molar-refractivity contribution in [3.8, 4) is 5.75 Å². The fourth-order valence-electron chi connectivity index (χ4n) is 3.57. The van der Waals surface area contributed by atoms with Gasteiger partial charge in [-0.25, -0.2) is 18.3 Å². The molecule has 0 aliphatic heterocycles. The number of anilines is 1. The van der Waals surface area contributed by atoms with Crippen LogP contribution in [-0.2, 0) is 6.61 Å². The maximum absolute atomic E-state index is 13.9. The molecule has 4 aromatic heterocycles. The summed E-state index contributed by atoms with van der Waals surface area (Å²) in [5.41, 5.74) is 2.30. The molecule has 0 radical (unpaired) electrons. The maximum Gasteiger partial charge on any atom is 0.274 e. The van der Waals surface area contributed by atoms with Gasteiger partial charge in [0.1, 0.15) is 23.9 Å². The average Bonchev–Trinajstić information content (AvgIpc) is 3.34. The highest BCUT2D eigenvalue weighted by Crippen LogP contribution is 2.25. The van der Waals surface area contributed by atoms with Gasteiger partial charge in [0.25, 0.3) is 5.91 Å². The van der Waals surface area contributed by atoms with Crippen molar-refractivity contribution in [2.24, 2.45) is 0 Å². The summed E-state index contributed by atoms with van der Waals surface area (Å²) in [6.45, 7) is 1.40. The Morgan fingerprint density at radius 1 is 1.06 bits per heavy atom. The smallest absolute Gasteiger partial charge is 0.274 e. The molecule has 1 N–H and O–H groups in total. The second-order valence-corrected chi connectivity index (χ2v) is 7.14. The zero-order valence-corrected chi connectivity index (χ0v) is 16.9. The molecule has 32 heavy (non-hydrogen) atoms. The first-order valence-electron chi connectivity index (χ1n) is 9.80. The third kappa shape index (κ3) is 3.33. The van der Waals surface area contributed by atoms with E-state index in [0.717, 1.165) is 5.52 Å². The molecule has 0 aliphatic rings. The fourth-order valence-corrected chi connectivity index (χ4v) is 3.57. The first-order chi connectivity index (χ1) is 15.5. The summed E-state index contributed by atoms with van der Waals surface area (Å²) in [6.07, 6.45) is 5.03. The molecule has 9 heteroatoms. The summed E-state index contributed by atoms with van der Waals surface area (Å²) in [4.78, 5) is 17.5. The topological polar surface area (TPSA) is 72.9 Å². The predicted molar refractivity (Wildman–Crippen MR) is 114 cm³/mol. The van der Waals surface area contributed by atoms with E-state index in [9.17, 15) is 13.6 Å². The summed E-state index contributed by atoms with van der Waals surface area (Å²) < 4.78 is 36.8. The number of pyridine rings is 2. The Morgan fingerprint density at radius 3 is 2.69 bits per heavy atom. The van der Waals surface area contributed by atoms with Crippen LogP contribution in [0.5, 0.6) is 5.75 Å². The van der Waals surface area contributed by atoms with Crippen LogP contribution in [0, 0.1) is 18.6 Å². The molecule has 0 fully saturated rings. The maximum atomic E-state index is 13.9. The number of ether oxygens (including phenoxy) is 1. The standard InChI is InChI=1S/C23H17F2N5O2/c1-14-21(23(31)28-18-12-26-30-11-3-2-8-19(18)30)29-10-5-9-20(22(29)27-14)32-13-15-16(24)6-4-7-17(15)25/h2-12H,13H2,1H3,(H,28,31). The van der Waals surface area contributed by atoms with E-state index < -0.39 is 11.6 Å². The van der Waals surface area contributed by atoms with E-state index >= 15 is 0 Å². The Bertz CT molecular complexity index is 1450. The normalized spacial score (nSPS) is 11.2. The number of rotatable bonds is 5. The van der Waals surface area contributed by atoms with Gasteiger partial charge in [0.05, 0.1) is 28.7 Å². The van der Waals surface area contributed by atoms with Gasteiger partial charge in [0.2, 0.25) is 0 Å². The number of hydrogen-bond acceptors (Lipinski definition) is 4. The Kier molecular flexibility index (Phi) is 4.78. The van der Waals surface area contributed by atoms with Crippen molar-refractivity contribution in [2.75, 3.05) is 5.32 Å². The molecule has 1 aromatic carbocycles. The SMILES string of the molecule is Cc1nc2c(OCc3c(F)cccc3F)cccn2c1C(=O)Nc1cnn2ccccc12. The highest BCUT2D eigenvalue weighted by Gasteiger charge is 2.20. The fraction of sp³-hybridized carbons (Fsp3) is 0.0870. The van der Waals surface area contributed by atoms with Gasteiger partial charge in [-0.05, 0) is 43.3 Å². The number of imidazole rings is 1. The molecule has 0 bridgehead atoms. The van der Waals surface area contributed by atoms with Crippen LogP contribution in [0.1, 0.15) is 21.7 Å². The number of aryl methyl sites for hydroxylation is 1. The van der Waals surface area contributed by atoms with Crippen LogP contribution in [0.2, 0.25) is 0 Å². The van der Waals surface area contributed by atoms with Gasteiger partial charge in [-0.1, -0.05) is 12.1 Å². The quantitative estimate of drug-likeness (QED) is 0.446. The number of nitrogens with zero attached hydrogens (tertiary/aromatic N) is 4. The van der Waals surface area contributed by atoms with Crippen LogP contribution in [0.15, 0.2) is 67.1 Å². The molecule has 0 atom stereocenters. The summed E-state index contributed by atoms with van der Waals surface area (Å²) in [5, 5.41) is 7.09. The molecular weight excluding hydrogens is 416 g/mol. The van der Waals surface area contributed by atoms with Crippen molar-refractivity contribution in [3.05, 3.63) is 95.7 Å². The Labute approximate surface area is 180 Å². The number of amides is 1. The largest absolute Gasteiger partial charge is 0.485 e. The second kappa shape index (κ2) is 7.77. The van der Waals surface area contributed by atoms with Gasteiger partial charge >= 0.3 is 0 Å². The van der Waals surface area contributed by atoms with Gasteiger partial charge in [-0.15, -0.1) is 0 Å². The molecule has 5 aromatic rings. The molecule has 160 valence electrons. The predicted octanol–water partition coefficient (Wildman–Crippen LogP) is 4.40. The Balaban J connectivity index is 1.46. The molecule has 0 spiro atoms. The van der Waals surface area contributed by atoms with Crippen LogP contribution in [-0.4, -0.2) is 24.9 Å². The van der Waals surface area contributed by atoms with Gasteiger partial charge in [-0.3, -0.25) is 9.20 Å². The summed E-state index contributed by atoms with van der Waals surface area (Å²) in [7, 11) is 0. The molecular formula is C23H17F2N5O2. The number of aromatic nitrogens is 4. The lowest BCUT2D eigenvalue weighted by molar-refractivity contribution is 0.102. The van der Waals surface area contributed by atoms with Crippen molar-refractivity contribution in [1.29, 1.82) is 0 Å². The lowest BCUT2D eigenvalue weighted by atomic mass is 10.2. The van der Waals surface area contributed by atoms with Gasteiger partial charge in [0, 0.05) is 12.4 Å². The van der Waals surface area contributed by atoms with Crippen LogP contribution in [0.25, 0.3) is 11.2 Å². The van der Waals surface area contributed by atoms with E-state index in [1.807, 2.05) is 18.2 Å². The van der Waals surface area contributed by atoms with E-state index in [1.165, 1.54) is 18.2 Å². The zero-order valence-electron chi connectivity index (χ0n) is 16.9. The summed E-state index contributed by atoms with van der Waals surface area (Å²) >= 11 is 0. The molecule has 0 saturated carbocycles. The number of hydrogen-bond donors (Lipinski definition) is 1. The van der Waals surface area contributed by atoms with Crippen LogP contribution in [0.4, 0.5) is 14.5 Å². The van der Waals surface area contributed by atoms with Gasteiger partial charge in [-0.2, -0.15) is 5.10 Å². The summed E-state index contributed by atoms with van der Waals surface area (Å²) in [6, 6.07) is 12.5. The van der Waals surface area contributed by atoms with Crippen molar-refractivity contribution in [2.45, 2.75) is 13.5 Å². The minimum Gasteiger partial charge on any atom is -0.485 e. The second-order valence-electron chi connectivity index (χ2n) is 7.14. The van der Waals surface area contributed by atoms with E-state index in [1.54, 1.807) is 46.6 Å². The first kappa shape index (κ1) is 19.7. The highest BCUT2D eigenvalue weighted by molar-refractivity contribution is 6.06. The average molecular weight is 433 g/mol. The molecule has 7 nitrogen and oxygen atoms in total. The number of fused-ring (bicyclic) bond motifs is 2. The van der Waals surface area contributed by atoms with E-state index in [4.69, 9.17) is 4.74 Å². The van der Waals surface area contributed by atoms with Crippen LogP contribution < -0.4 is 10.1 Å². The Hall–Kier alpha value is -4.27. The summed E-state index contributed by atoms with van der Waals surface area (Å²) in [5.74, 6) is -1.45. The third-order valence-corrected chi connectivity index (χ3v) is 5.11. The van der Waals surface area contributed by atoms with Crippen LogP contribution in [0.3, 0.4) is 0 Å². The number of carbonyl (C=O) groups is 1. The first-order valence-corrected chi connectivity index (χ1v) is 9.80. The molecule has 0 aliphatic carbocycles. The molecule has 1 amide bonds. The van der Waals surface area contributed by atoms with Crippen molar-refractivity contribution < 1.29 is 18.3 Å². The van der Waals surface area contributed by atoms with Crippen LogP contribution >= 0.6 is 0 Å². The Morgan fingerprint density at radius 2 is 1.88 bits per heavy atom. The van der Waals surface area contributed by atoms with Crippen molar-refractivity contribution in [3.63, 3.8) is 0 Å². The molecule has 0 saturated heterocycles. The monoisotopic (exact) mass is 433 g/mol. The molecule has 5 rings (SSSR count). The number of nitrogens with one attached hydrogen (secondary N) is 1. The van der Waals surface area contributed by atoms with E-state index in [2.05, 4.69) is 15.4 Å². The van der Waals surface area contributed by atoms with Crippen molar-refractivity contribution >= 4 is 22.8 Å². The number of halogens is 2.